The second kappa shape index (κ2) is 5.80. The van der Waals surface area contributed by atoms with Gasteiger partial charge in [0.05, 0.1) is 15.1 Å². The zero-order valence-electron chi connectivity index (χ0n) is 10.4. The number of hydrogen-bond acceptors (Lipinski definition) is 3. The van der Waals surface area contributed by atoms with E-state index < -0.39 is 0 Å². The molecule has 2 aromatic heterocycles. The highest BCUT2D eigenvalue weighted by Crippen LogP contribution is 2.28. The minimum atomic E-state index is 0.136. The standard InChI is InChI=1S/C13H15BrN2OS/c1-3-5-16-6-4-15-12(16)8-10(17)11-7-9(2)13(14)18-11/h4,6-7H,3,5,8H2,1-2H3. The molecule has 0 saturated heterocycles. The monoisotopic (exact) mass is 326 g/mol. The van der Waals surface area contributed by atoms with Crippen LogP contribution >= 0.6 is 27.3 Å². The Balaban J connectivity index is 2.13. The number of rotatable bonds is 5. The number of nitrogens with zero attached hydrogens (tertiary/aromatic N) is 2. The van der Waals surface area contributed by atoms with Crippen LogP contribution in [0.3, 0.4) is 0 Å². The minimum absolute atomic E-state index is 0.136. The van der Waals surface area contributed by atoms with Crippen LogP contribution in [0.2, 0.25) is 0 Å². The average Bonchev–Trinajstić information content (AvgIpc) is 2.88. The van der Waals surface area contributed by atoms with Crippen molar-refractivity contribution in [1.82, 2.24) is 9.55 Å². The fourth-order valence-electron chi connectivity index (χ4n) is 1.78. The molecule has 0 aliphatic heterocycles. The summed E-state index contributed by atoms with van der Waals surface area (Å²) in [6, 6.07) is 1.93. The van der Waals surface area contributed by atoms with Crippen LogP contribution in [0.15, 0.2) is 22.2 Å². The lowest BCUT2D eigenvalue weighted by molar-refractivity contribution is 0.0993. The van der Waals surface area contributed by atoms with Crippen LogP contribution in [0.1, 0.15) is 34.4 Å². The zero-order valence-corrected chi connectivity index (χ0v) is 12.8. The number of Topliss-reactive ketones (excluding diaryl/α,β-unsaturated/α-hetero) is 1. The molecule has 0 aliphatic carbocycles. The van der Waals surface area contributed by atoms with Crippen molar-refractivity contribution < 1.29 is 4.79 Å². The molecule has 5 heteroatoms. The third kappa shape index (κ3) is 2.90. The van der Waals surface area contributed by atoms with E-state index in [0.29, 0.717) is 6.42 Å². The third-order valence-corrected chi connectivity index (χ3v) is 4.89. The maximum atomic E-state index is 12.2. The van der Waals surface area contributed by atoms with Gasteiger partial charge in [-0.05, 0) is 40.9 Å². The van der Waals surface area contributed by atoms with Crippen LogP contribution in [0, 0.1) is 6.92 Å². The lowest BCUT2D eigenvalue weighted by Gasteiger charge is -2.04. The molecular weight excluding hydrogens is 312 g/mol. The topological polar surface area (TPSA) is 34.9 Å². The molecule has 96 valence electrons. The van der Waals surface area contributed by atoms with E-state index in [1.54, 1.807) is 6.20 Å². The summed E-state index contributed by atoms with van der Waals surface area (Å²) in [4.78, 5) is 17.2. The van der Waals surface area contributed by atoms with E-state index in [1.807, 2.05) is 23.8 Å². The smallest absolute Gasteiger partial charge is 0.180 e. The molecule has 2 heterocycles. The molecule has 3 nitrogen and oxygen atoms in total. The van der Waals surface area contributed by atoms with Gasteiger partial charge in [-0.2, -0.15) is 0 Å². The molecule has 2 aromatic rings. The SMILES string of the molecule is CCCn1ccnc1CC(=O)c1cc(C)c(Br)s1. The normalized spacial score (nSPS) is 10.8. The molecule has 0 bridgehead atoms. The molecule has 0 saturated carbocycles. The number of carbonyl (C=O) groups excluding carboxylic acids is 1. The third-order valence-electron chi connectivity index (χ3n) is 2.72. The van der Waals surface area contributed by atoms with Gasteiger partial charge in [-0.3, -0.25) is 4.79 Å². The van der Waals surface area contributed by atoms with Crippen LogP contribution in [0.25, 0.3) is 0 Å². The van der Waals surface area contributed by atoms with Crippen molar-refractivity contribution in [3.05, 3.63) is 38.5 Å². The summed E-state index contributed by atoms with van der Waals surface area (Å²) in [7, 11) is 0. The Bertz CT molecular complexity index is 540. The Hall–Kier alpha value is -0.940. The summed E-state index contributed by atoms with van der Waals surface area (Å²) in [6.45, 7) is 5.02. The number of ketones is 1. The Morgan fingerprint density at radius 3 is 2.94 bits per heavy atom. The first-order valence-electron chi connectivity index (χ1n) is 5.91. The second-order valence-electron chi connectivity index (χ2n) is 4.20. The Kier molecular flexibility index (Phi) is 4.35. The van der Waals surface area contributed by atoms with E-state index in [1.165, 1.54) is 11.3 Å². The van der Waals surface area contributed by atoms with Gasteiger partial charge in [-0.1, -0.05) is 6.92 Å². The first-order chi connectivity index (χ1) is 8.61. The average molecular weight is 327 g/mol. The first kappa shape index (κ1) is 13.5. The number of aryl methyl sites for hydroxylation is 2. The molecule has 0 aromatic carbocycles. The van der Waals surface area contributed by atoms with Crippen molar-refractivity contribution >= 4 is 33.0 Å². The number of aromatic nitrogens is 2. The van der Waals surface area contributed by atoms with E-state index in [4.69, 9.17) is 0 Å². The zero-order chi connectivity index (χ0) is 13.1. The lowest BCUT2D eigenvalue weighted by Crippen LogP contribution is -2.09. The van der Waals surface area contributed by atoms with E-state index in [9.17, 15) is 4.79 Å². The van der Waals surface area contributed by atoms with Gasteiger partial charge in [-0.25, -0.2) is 4.98 Å². The van der Waals surface area contributed by atoms with Gasteiger partial charge >= 0.3 is 0 Å². The van der Waals surface area contributed by atoms with Gasteiger partial charge < -0.3 is 4.57 Å². The summed E-state index contributed by atoms with van der Waals surface area (Å²) in [5.41, 5.74) is 1.11. The van der Waals surface area contributed by atoms with Crippen molar-refractivity contribution in [2.45, 2.75) is 33.2 Å². The van der Waals surface area contributed by atoms with E-state index in [0.717, 1.165) is 33.0 Å². The molecule has 0 spiro atoms. The molecule has 0 atom stereocenters. The molecule has 0 unspecified atom stereocenters. The van der Waals surface area contributed by atoms with Crippen molar-refractivity contribution in [2.75, 3.05) is 0 Å². The highest BCUT2D eigenvalue weighted by Gasteiger charge is 2.14. The highest BCUT2D eigenvalue weighted by molar-refractivity contribution is 9.11. The van der Waals surface area contributed by atoms with Gasteiger partial charge in [0.25, 0.3) is 0 Å². The fourth-order valence-corrected chi connectivity index (χ4v) is 3.25. The maximum Gasteiger partial charge on any atom is 0.180 e. The van der Waals surface area contributed by atoms with Gasteiger partial charge in [0.2, 0.25) is 0 Å². The molecule has 18 heavy (non-hydrogen) atoms. The van der Waals surface area contributed by atoms with Crippen molar-refractivity contribution in [3.8, 4) is 0 Å². The van der Waals surface area contributed by atoms with Gasteiger partial charge in [0.15, 0.2) is 5.78 Å². The van der Waals surface area contributed by atoms with E-state index >= 15 is 0 Å². The molecular formula is C13H15BrN2OS. The summed E-state index contributed by atoms with van der Waals surface area (Å²) < 4.78 is 3.08. The van der Waals surface area contributed by atoms with Gasteiger partial charge in [0.1, 0.15) is 5.82 Å². The van der Waals surface area contributed by atoms with Gasteiger partial charge in [0, 0.05) is 18.9 Å². The second-order valence-corrected chi connectivity index (χ2v) is 6.57. The molecule has 0 aliphatic rings. The van der Waals surface area contributed by atoms with E-state index in [-0.39, 0.29) is 5.78 Å². The Morgan fingerprint density at radius 1 is 1.56 bits per heavy atom. The van der Waals surface area contributed by atoms with Crippen LogP contribution in [0.4, 0.5) is 0 Å². The summed E-state index contributed by atoms with van der Waals surface area (Å²) in [5.74, 6) is 0.987. The summed E-state index contributed by atoms with van der Waals surface area (Å²) >= 11 is 4.94. The van der Waals surface area contributed by atoms with E-state index in [2.05, 4.69) is 27.8 Å². The molecule has 0 fully saturated rings. The Morgan fingerprint density at radius 2 is 2.33 bits per heavy atom. The number of hydrogen-bond donors (Lipinski definition) is 0. The van der Waals surface area contributed by atoms with Gasteiger partial charge in [-0.15, -0.1) is 11.3 Å². The van der Waals surface area contributed by atoms with Crippen molar-refractivity contribution in [2.24, 2.45) is 0 Å². The van der Waals surface area contributed by atoms with Crippen LogP contribution < -0.4 is 0 Å². The lowest BCUT2D eigenvalue weighted by atomic mass is 10.2. The molecule has 2 rings (SSSR count). The summed E-state index contributed by atoms with van der Waals surface area (Å²) in [6.07, 6.45) is 5.11. The van der Waals surface area contributed by atoms with Crippen LogP contribution in [-0.4, -0.2) is 15.3 Å². The number of thiophene rings is 1. The highest BCUT2D eigenvalue weighted by atomic mass is 79.9. The number of imidazole rings is 1. The van der Waals surface area contributed by atoms with Crippen molar-refractivity contribution in [3.63, 3.8) is 0 Å². The van der Waals surface area contributed by atoms with Crippen molar-refractivity contribution in [1.29, 1.82) is 0 Å². The Labute approximate surface area is 119 Å². The first-order valence-corrected chi connectivity index (χ1v) is 7.52. The minimum Gasteiger partial charge on any atom is -0.335 e. The van der Waals surface area contributed by atoms with Crippen LogP contribution in [0.5, 0.6) is 0 Å². The predicted octanol–water partition coefficient (Wildman–Crippen LogP) is 3.85. The number of carbonyl (C=O) groups is 1. The van der Waals surface area contributed by atoms with Crippen LogP contribution in [-0.2, 0) is 13.0 Å². The largest absolute Gasteiger partial charge is 0.335 e. The number of halogens is 1. The fraction of sp³-hybridized carbons (Fsp3) is 0.385. The predicted molar refractivity (Wildman–Crippen MR) is 77.3 cm³/mol. The quantitative estimate of drug-likeness (QED) is 0.782. The molecule has 0 amide bonds. The molecule has 0 radical (unpaired) electrons. The maximum absolute atomic E-state index is 12.2. The summed E-state index contributed by atoms with van der Waals surface area (Å²) in [5, 5.41) is 0. The molecule has 0 N–H and O–H groups in total.